The first-order chi connectivity index (χ1) is 10.9. The summed E-state index contributed by atoms with van der Waals surface area (Å²) in [6.07, 6.45) is 0. The number of amidine groups is 4. The molecule has 16 nitrogen and oxygen atoms in total. The van der Waals surface area contributed by atoms with E-state index in [1.807, 2.05) is 0 Å². The minimum Gasteiger partial charge on any atom is -0.759 e. The van der Waals surface area contributed by atoms with Gasteiger partial charge in [0.15, 0.2) is 0 Å². The van der Waals surface area contributed by atoms with Crippen LogP contribution in [0.1, 0.15) is 27.7 Å². The van der Waals surface area contributed by atoms with Gasteiger partial charge < -0.3 is 18.2 Å². The lowest BCUT2D eigenvalue weighted by molar-refractivity contribution is -0.116. The van der Waals surface area contributed by atoms with Crippen molar-refractivity contribution in [3.63, 3.8) is 0 Å². The van der Waals surface area contributed by atoms with Gasteiger partial charge in [0.25, 0.3) is 0 Å². The van der Waals surface area contributed by atoms with E-state index >= 15 is 0 Å². The number of rotatable bonds is 0. The van der Waals surface area contributed by atoms with Gasteiger partial charge in [-0.25, -0.2) is 0 Å². The summed E-state index contributed by atoms with van der Waals surface area (Å²) in [5.74, 6) is 1.67. The summed E-state index contributed by atoms with van der Waals surface area (Å²) in [6, 6.07) is 0. The molecular weight excluding hydrogens is 400 g/mol. The second-order valence-corrected chi connectivity index (χ2v) is 5.43. The molecule has 16 N–H and O–H groups in total. The molecule has 0 radical (unpaired) electrons. The van der Waals surface area contributed by atoms with E-state index in [1.165, 1.54) is 0 Å². The highest BCUT2D eigenvalue weighted by atomic mass is 32.3. The molecule has 0 atom stereocenters. The standard InChI is InChI=1S/4C2H6N2.2H2O4S/c4*1-2(3)4;2*1-5(2,3)4/h4*1H3,(H3,3,4);2*(H2,1,2,3,4). The molecule has 0 fully saturated rings. The molecule has 18 heteroatoms. The maximum atomic E-state index is 8.52. The van der Waals surface area contributed by atoms with E-state index in [4.69, 9.17) is 79.6 Å². The third-order valence-electron chi connectivity index (χ3n) is 0. The fraction of sp³-hybridized carbons (Fsp3) is 0.500. The van der Waals surface area contributed by atoms with Gasteiger partial charge in [-0.3, -0.25) is 61.4 Å². The van der Waals surface area contributed by atoms with Gasteiger partial charge >= 0.3 is 0 Å². The molecule has 0 heterocycles. The lowest BCUT2D eigenvalue weighted by Gasteiger charge is -2.06. The Morgan fingerprint density at radius 3 is 0.538 bits per heavy atom. The van der Waals surface area contributed by atoms with E-state index in [1.54, 1.807) is 27.7 Å². The maximum Gasteiger partial charge on any atom is 0.235 e. The van der Waals surface area contributed by atoms with Crippen molar-refractivity contribution in [1.82, 2.24) is 0 Å². The largest absolute Gasteiger partial charge is 0.759 e. The minimum atomic E-state index is -5.17. The second kappa shape index (κ2) is 22.6. The van der Waals surface area contributed by atoms with E-state index in [0.29, 0.717) is 23.3 Å². The molecule has 0 aliphatic carbocycles. The summed E-state index contributed by atoms with van der Waals surface area (Å²) >= 11 is 0. The SMILES string of the molecule is CC(N)=[NH2+].CC(N)=[NH2+].CC(N)=[NH2+].CC(N)=[NH2+].O=S(=O)([O-])[O-].O=S(=O)([O-])[O-]. The molecule has 0 aromatic carbocycles. The van der Waals surface area contributed by atoms with E-state index in [2.05, 4.69) is 0 Å². The lowest BCUT2D eigenvalue weighted by atomic mass is 10.8. The van der Waals surface area contributed by atoms with Gasteiger partial charge in [0.1, 0.15) is 0 Å². The van der Waals surface area contributed by atoms with E-state index in [-0.39, 0.29) is 0 Å². The molecule has 0 amide bonds. The van der Waals surface area contributed by atoms with Crippen LogP contribution in [0, 0.1) is 0 Å². The summed E-state index contributed by atoms with van der Waals surface area (Å²) in [7, 11) is -10.3. The monoisotopic (exact) mass is 428 g/mol. The van der Waals surface area contributed by atoms with E-state index in [0.717, 1.165) is 0 Å². The summed E-state index contributed by atoms with van der Waals surface area (Å²) in [4.78, 5) is 0. The Morgan fingerprint density at radius 2 is 0.538 bits per heavy atom. The van der Waals surface area contributed by atoms with Gasteiger partial charge in [-0.1, -0.05) is 0 Å². The Kier molecular flexibility index (Phi) is 33.9. The highest BCUT2D eigenvalue weighted by molar-refractivity contribution is 7.79. The minimum absolute atomic E-state index is 0.417. The first-order valence-electron chi connectivity index (χ1n) is 5.64. The van der Waals surface area contributed by atoms with Crippen molar-refractivity contribution in [2.24, 2.45) is 22.9 Å². The number of hydrogen-bond acceptors (Lipinski definition) is 8. The Labute approximate surface area is 152 Å². The Morgan fingerprint density at radius 1 is 0.538 bits per heavy atom. The van der Waals surface area contributed by atoms with Crippen LogP contribution in [0.2, 0.25) is 0 Å². The molecule has 0 rings (SSSR count). The van der Waals surface area contributed by atoms with E-state index in [9.17, 15) is 0 Å². The van der Waals surface area contributed by atoms with Crippen molar-refractivity contribution in [3.8, 4) is 0 Å². The molecule has 0 aliphatic rings. The Bertz CT molecular complexity index is 492. The van der Waals surface area contributed by atoms with Gasteiger partial charge in [0.05, 0.1) is 0 Å². The number of hydrogen-bond donors (Lipinski definition) is 8. The topological polar surface area (TPSA) is 367 Å². The summed E-state index contributed by atoms with van der Waals surface area (Å²) in [6.45, 7) is 6.56. The summed E-state index contributed by atoms with van der Waals surface area (Å²) < 4.78 is 68.2. The molecule has 0 aliphatic heterocycles. The highest BCUT2D eigenvalue weighted by Gasteiger charge is 1.65. The molecule has 0 unspecified atom stereocenters. The van der Waals surface area contributed by atoms with Gasteiger partial charge in [-0.2, -0.15) is 0 Å². The van der Waals surface area contributed by atoms with Crippen LogP contribution < -0.4 is 44.6 Å². The molecule has 26 heavy (non-hydrogen) atoms. The summed E-state index contributed by atoms with van der Waals surface area (Å²) in [5.41, 5.74) is 19.2. The predicted octanol–water partition coefficient (Wildman–Crippen LogP) is -10.2. The Balaban J connectivity index is -0.0000000463. The maximum absolute atomic E-state index is 8.52. The van der Waals surface area contributed by atoms with Crippen molar-refractivity contribution in [3.05, 3.63) is 0 Å². The second-order valence-electron chi connectivity index (χ2n) is 3.79. The first kappa shape index (κ1) is 38.9. The van der Waals surface area contributed by atoms with Crippen molar-refractivity contribution in [2.45, 2.75) is 27.7 Å². The molecule has 160 valence electrons. The van der Waals surface area contributed by atoms with Crippen LogP contribution in [0.25, 0.3) is 0 Å². The van der Waals surface area contributed by atoms with Gasteiger partial charge in [0.2, 0.25) is 23.3 Å². The fourth-order valence-corrected chi connectivity index (χ4v) is 0. The molecule has 0 spiro atoms. The zero-order chi connectivity index (χ0) is 23.3. The van der Waals surface area contributed by atoms with E-state index < -0.39 is 20.8 Å². The summed E-state index contributed by atoms with van der Waals surface area (Å²) in [5, 5.41) is 19.2. The zero-order valence-electron chi connectivity index (χ0n) is 14.7. The average Bonchev–Trinajstić information content (AvgIpc) is 2.03. The quantitative estimate of drug-likeness (QED) is 0.0770. The van der Waals surface area contributed by atoms with Gasteiger partial charge in [-0.05, 0) is 0 Å². The van der Waals surface area contributed by atoms with Gasteiger partial charge in [0, 0.05) is 48.5 Å². The van der Waals surface area contributed by atoms with Crippen LogP contribution in [-0.2, 0) is 20.8 Å². The third kappa shape index (κ3) is 1620. The fourth-order valence-electron chi connectivity index (χ4n) is 0. The van der Waals surface area contributed by atoms with Crippen molar-refractivity contribution in [2.75, 3.05) is 0 Å². The molecule has 0 bridgehead atoms. The molecular formula is C8H28N8O8S2. The smallest absolute Gasteiger partial charge is 0.235 e. The van der Waals surface area contributed by atoms with Crippen molar-refractivity contribution < 1.29 is 56.7 Å². The van der Waals surface area contributed by atoms with Crippen LogP contribution in [0.3, 0.4) is 0 Å². The highest BCUT2D eigenvalue weighted by Crippen LogP contribution is 1.58. The van der Waals surface area contributed by atoms with Crippen LogP contribution in [-0.4, -0.2) is 58.4 Å². The number of nitrogens with two attached hydrogens (primary N) is 8. The van der Waals surface area contributed by atoms with Crippen molar-refractivity contribution >= 4 is 44.1 Å². The van der Waals surface area contributed by atoms with Crippen molar-refractivity contribution in [1.29, 1.82) is 0 Å². The lowest BCUT2D eigenvalue weighted by Crippen LogP contribution is -2.43. The normalized spacial score (nSPS) is 8.31. The third-order valence-corrected chi connectivity index (χ3v) is 0. The van der Waals surface area contributed by atoms with Crippen LogP contribution in [0.15, 0.2) is 0 Å². The molecule has 0 aromatic heterocycles. The van der Waals surface area contributed by atoms with Gasteiger partial charge in [-0.15, -0.1) is 0 Å². The average molecular weight is 428 g/mol. The molecule has 0 saturated carbocycles. The van der Waals surface area contributed by atoms with Crippen LogP contribution in [0.4, 0.5) is 0 Å². The molecule has 0 aromatic rings. The van der Waals surface area contributed by atoms with Crippen LogP contribution in [0.5, 0.6) is 0 Å². The first-order valence-corrected chi connectivity index (χ1v) is 8.31. The van der Waals surface area contributed by atoms with Crippen LogP contribution >= 0.6 is 0 Å². The molecule has 0 saturated heterocycles. The zero-order valence-corrected chi connectivity index (χ0v) is 16.3. The Hall–Kier alpha value is -2.38. The predicted molar refractivity (Wildman–Crippen MR) is 88.1 cm³/mol.